The van der Waals surface area contributed by atoms with E-state index in [-0.39, 0.29) is 17.7 Å². The van der Waals surface area contributed by atoms with Crippen molar-refractivity contribution in [3.05, 3.63) is 29.6 Å². The molecule has 114 valence electrons. The maximum Gasteiger partial charge on any atom is 0.153 e. The van der Waals surface area contributed by atoms with Crippen molar-refractivity contribution >= 4 is 22.6 Å². The van der Waals surface area contributed by atoms with E-state index < -0.39 is 11.6 Å². The number of aromatic nitrogens is 2. The number of aryl methyl sites for hydroxylation is 1. The van der Waals surface area contributed by atoms with E-state index in [4.69, 9.17) is 16.3 Å². The summed E-state index contributed by atoms with van der Waals surface area (Å²) in [4.78, 5) is 4.31. The van der Waals surface area contributed by atoms with E-state index in [1.165, 1.54) is 6.07 Å². The summed E-state index contributed by atoms with van der Waals surface area (Å²) in [5, 5.41) is 0. The first-order valence-corrected chi connectivity index (χ1v) is 7.71. The fraction of sp³-hybridized carbons (Fsp3) is 0.533. The number of rotatable bonds is 5. The van der Waals surface area contributed by atoms with Gasteiger partial charge in [0.1, 0.15) is 17.2 Å². The van der Waals surface area contributed by atoms with Crippen molar-refractivity contribution in [2.45, 2.75) is 38.3 Å². The first-order chi connectivity index (χ1) is 10.1. The average Bonchev–Trinajstić information content (AvgIpc) is 2.72. The van der Waals surface area contributed by atoms with Crippen LogP contribution in [0.4, 0.5) is 8.78 Å². The van der Waals surface area contributed by atoms with E-state index >= 15 is 0 Å². The summed E-state index contributed by atoms with van der Waals surface area (Å²) in [5.74, 6) is -0.0985. The van der Waals surface area contributed by atoms with Crippen LogP contribution in [0.1, 0.15) is 31.6 Å². The summed E-state index contributed by atoms with van der Waals surface area (Å²) in [6.45, 7) is 2.64. The van der Waals surface area contributed by atoms with Gasteiger partial charge in [0.15, 0.2) is 5.82 Å². The van der Waals surface area contributed by atoms with Gasteiger partial charge in [-0.15, -0.1) is 11.6 Å². The van der Waals surface area contributed by atoms with Crippen LogP contribution >= 0.6 is 11.6 Å². The summed E-state index contributed by atoms with van der Waals surface area (Å²) in [6.07, 6.45) is 2.44. The molecule has 21 heavy (non-hydrogen) atoms. The highest BCUT2D eigenvalue weighted by Crippen LogP contribution is 2.38. The molecule has 1 saturated carbocycles. The molecule has 0 spiro atoms. The van der Waals surface area contributed by atoms with E-state index in [1.54, 1.807) is 0 Å². The fourth-order valence-electron chi connectivity index (χ4n) is 2.96. The van der Waals surface area contributed by atoms with E-state index in [2.05, 4.69) is 4.98 Å². The van der Waals surface area contributed by atoms with Crippen LogP contribution in [0, 0.1) is 11.6 Å². The molecule has 0 amide bonds. The van der Waals surface area contributed by atoms with Gasteiger partial charge in [0.25, 0.3) is 0 Å². The lowest BCUT2D eigenvalue weighted by molar-refractivity contribution is -0.0193. The molecule has 3 nitrogen and oxygen atoms in total. The van der Waals surface area contributed by atoms with E-state index in [0.717, 1.165) is 18.9 Å². The van der Waals surface area contributed by atoms with Crippen LogP contribution in [-0.2, 0) is 11.2 Å². The molecule has 3 rings (SSSR count). The molecule has 0 radical (unpaired) electrons. The zero-order valence-corrected chi connectivity index (χ0v) is 12.5. The number of nitrogens with zero attached hydrogens (tertiary/aromatic N) is 2. The summed E-state index contributed by atoms with van der Waals surface area (Å²) in [6, 6.07) is 2.39. The fourth-order valence-corrected chi connectivity index (χ4v) is 3.13. The Balaban J connectivity index is 2.01. The van der Waals surface area contributed by atoms with E-state index in [9.17, 15) is 8.78 Å². The van der Waals surface area contributed by atoms with Crippen LogP contribution in [0.15, 0.2) is 12.1 Å². The van der Waals surface area contributed by atoms with Crippen molar-refractivity contribution in [3.63, 3.8) is 0 Å². The maximum absolute atomic E-state index is 13.9. The Morgan fingerprint density at radius 3 is 2.81 bits per heavy atom. The van der Waals surface area contributed by atoms with Crippen LogP contribution in [0.3, 0.4) is 0 Å². The van der Waals surface area contributed by atoms with Gasteiger partial charge < -0.3 is 9.30 Å². The third-order valence-electron chi connectivity index (χ3n) is 3.94. The van der Waals surface area contributed by atoms with Gasteiger partial charge in [0.05, 0.1) is 11.6 Å². The lowest BCUT2D eigenvalue weighted by Crippen LogP contribution is -2.34. The molecule has 1 aromatic heterocycles. The lowest BCUT2D eigenvalue weighted by atomic mass is 9.88. The maximum atomic E-state index is 13.9. The lowest BCUT2D eigenvalue weighted by Gasteiger charge is -2.37. The van der Waals surface area contributed by atoms with Crippen LogP contribution in [-0.4, -0.2) is 28.1 Å². The first kappa shape index (κ1) is 14.7. The first-order valence-electron chi connectivity index (χ1n) is 7.17. The van der Waals surface area contributed by atoms with Crippen molar-refractivity contribution in [1.29, 1.82) is 0 Å². The topological polar surface area (TPSA) is 27.1 Å². The van der Waals surface area contributed by atoms with Gasteiger partial charge in [-0.25, -0.2) is 13.8 Å². The zero-order chi connectivity index (χ0) is 15.0. The molecule has 2 aromatic rings. The van der Waals surface area contributed by atoms with Gasteiger partial charge in [-0.3, -0.25) is 0 Å². The van der Waals surface area contributed by atoms with Crippen LogP contribution < -0.4 is 0 Å². The summed E-state index contributed by atoms with van der Waals surface area (Å²) >= 11 is 5.81. The molecule has 1 fully saturated rings. The second kappa shape index (κ2) is 5.89. The third kappa shape index (κ3) is 2.64. The van der Waals surface area contributed by atoms with Gasteiger partial charge in [-0.2, -0.15) is 0 Å². The Kier molecular flexibility index (Phi) is 4.13. The number of halogens is 3. The highest BCUT2D eigenvalue weighted by Gasteiger charge is 2.33. The Hall–Kier alpha value is -1.20. The zero-order valence-electron chi connectivity index (χ0n) is 11.8. The number of hydrogen-bond donors (Lipinski definition) is 0. The number of fused-ring (bicyclic) bond motifs is 1. The molecule has 1 aliphatic rings. The molecule has 0 saturated heterocycles. The summed E-state index contributed by atoms with van der Waals surface area (Å²) in [5.41, 5.74) is 0.726. The molecular formula is C15H17ClF2N2O. The minimum absolute atomic E-state index is 0.172. The Morgan fingerprint density at radius 1 is 1.38 bits per heavy atom. The van der Waals surface area contributed by atoms with Crippen molar-refractivity contribution in [1.82, 2.24) is 9.55 Å². The Labute approximate surface area is 126 Å². The van der Waals surface area contributed by atoms with Gasteiger partial charge in [-0.05, 0) is 25.8 Å². The van der Waals surface area contributed by atoms with Crippen LogP contribution in [0.25, 0.3) is 11.0 Å². The van der Waals surface area contributed by atoms with Gasteiger partial charge in [0, 0.05) is 31.0 Å². The van der Waals surface area contributed by atoms with E-state index in [1.807, 2.05) is 11.5 Å². The number of alkyl halides is 1. The number of hydrogen-bond acceptors (Lipinski definition) is 2. The third-order valence-corrected chi connectivity index (χ3v) is 4.13. The minimum atomic E-state index is -0.625. The second-order valence-corrected chi connectivity index (χ2v) is 5.67. The van der Waals surface area contributed by atoms with Crippen LogP contribution in [0.2, 0.25) is 0 Å². The predicted octanol–water partition coefficient (Wildman–Crippen LogP) is 3.84. The largest absolute Gasteiger partial charge is 0.378 e. The van der Waals surface area contributed by atoms with Gasteiger partial charge in [-0.1, -0.05) is 0 Å². The molecule has 0 bridgehead atoms. The van der Waals surface area contributed by atoms with E-state index in [0.29, 0.717) is 30.2 Å². The summed E-state index contributed by atoms with van der Waals surface area (Å²) in [7, 11) is 0. The molecule has 0 atom stereocenters. The Bertz CT molecular complexity index is 653. The number of imidazole rings is 1. The molecular weight excluding hydrogens is 298 g/mol. The number of ether oxygens (including phenoxy) is 1. The molecule has 0 aliphatic heterocycles. The normalized spacial score (nSPS) is 21.7. The minimum Gasteiger partial charge on any atom is -0.378 e. The number of benzene rings is 1. The molecule has 1 heterocycles. The molecule has 1 aliphatic carbocycles. The Morgan fingerprint density at radius 2 is 2.14 bits per heavy atom. The van der Waals surface area contributed by atoms with Crippen LogP contribution in [0.5, 0.6) is 0 Å². The van der Waals surface area contributed by atoms with Crippen molar-refractivity contribution in [3.8, 4) is 0 Å². The van der Waals surface area contributed by atoms with Crippen molar-refractivity contribution in [2.24, 2.45) is 0 Å². The molecule has 0 unspecified atom stereocenters. The second-order valence-electron chi connectivity index (χ2n) is 5.29. The highest BCUT2D eigenvalue weighted by atomic mass is 35.5. The molecule has 1 aromatic carbocycles. The van der Waals surface area contributed by atoms with Gasteiger partial charge in [0.2, 0.25) is 0 Å². The SMILES string of the molecule is CCOC1CC(n2c(CCCl)nc3c(F)cc(F)cc32)C1. The smallest absolute Gasteiger partial charge is 0.153 e. The molecule has 0 N–H and O–H groups in total. The highest BCUT2D eigenvalue weighted by molar-refractivity contribution is 6.17. The van der Waals surface area contributed by atoms with Crippen molar-refractivity contribution in [2.75, 3.05) is 12.5 Å². The summed E-state index contributed by atoms with van der Waals surface area (Å²) < 4.78 is 34.9. The predicted molar refractivity (Wildman–Crippen MR) is 77.8 cm³/mol. The standard InChI is InChI=1S/C15H17ClF2N2O/c1-2-21-11-7-10(8-11)20-13-6-9(17)5-12(18)15(13)19-14(20)3-4-16/h5-6,10-11H,2-4,7-8H2,1H3. The molecule has 6 heteroatoms. The quantitative estimate of drug-likeness (QED) is 0.784. The monoisotopic (exact) mass is 314 g/mol. The van der Waals surface area contributed by atoms with Gasteiger partial charge >= 0.3 is 0 Å². The van der Waals surface area contributed by atoms with Crippen molar-refractivity contribution < 1.29 is 13.5 Å². The average molecular weight is 315 g/mol.